The molecule has 1 aromatic carbocycles. The highest BCUT2D eigenvalue weighted by molar-refractivity contribution is 5.96. The molecule has 4 rings (SSSR count). The molecular weight excluding hydrogens is 408 g/mol. The molecule has 0 spiro atoms. The van der Waals surface area contributed by atoms with Crippen molar-refractivity contribution < 1.29 is 24.5 Å². The highest BCUT2D eigenvalue weighted by atomic mass is 16.5. The van der Waals surface area contributed by atoms with Gasteiger partial charge in [0.1, 0.15) is 18.0 Å². The van der Waals surface area contributed by atoms with E-state index < -0.39 is 24.2 Å². The molecule has 0 saturated heterocycles. The van der Waals surface area contributed by atoms with Crippen LogP contribution in [-0.4, -0.2) is 64.4 Å². The summed E-state index contributed by atoms with van der Waals surface area (Å²) in [5.41, 5.74) is 1.36. The first-order chi connectivity index (χ1) is 15.6. The molecule has 174 valence electrons. The fraction of sp³-hybridized carbons (Fsp3) is 0.600. The summed E-state index contributed by atoms with van der Waals surface area (Å²) in [6.07, 6.45) is 6.44. The number of hydrogen-bond acceptors (Lipinski definition) is 5. The number of benzene rings is 1. The van der Waals surface area contributed by atoms with Crippen LogP contribution >= 0.6 is 0 Å². The molecule has 1 aliphatic heterocycles. The molecule has 1 aromatic rings. The van der Waals surface area contributed by atoms with E-state index in [0.29, 0.717) is 17.7 Å². The molecule has 0 bridgehead atoms. The van der Waals surface area contributed by atoms with E-state index in [1.165, 1.54) is 0 Å². The van der Waals surface area contributed by atoms with E-state index >= 15 is 0 Å². The summed E-state index contributed by atoms with van der Waals surface area (Å²) in [7, 11) is 0. The lowest BCUT2D eigenvalue weighted by Gasteiger charge is -2.45. The van der Waals surface area contributed by atoms with E-state index in [4.69, 9.17) is 4.74 Å². The standard InChI is InChI=1S/C25H34N2O5/c1-2-8-21(29)27(16-9-4-3-5-10-16)19-15-18(25(31)26-13-14-28)22-17-11-6-7-12-20(17)32-24(22)23(19)30/h6-7,11-12,15-16,19,22-24,28,30H,2-5,8-10,13-14H2,1H3,(H,26,31)/t19-,22+,23+,24+/m1/s1. The molecule has 1 heterocycles. The van der Waals surface area contributed by atoms with Gasteiger partial charge in [-0.2, -0.15) is 0 Å². The highest BCUT2D eigenvalue weighted by Crippen LogP contribution is 2.47. The Hall–Kier alpha value is -2.38. The summed E-state index contributed by atoms with van der Waals surface area (Å²) in [4.78, 5) is 28.2. The van der Waals surface area contributed by atoms with E-state index in [0.717, 1.165) is 44.1 Å². The molecule has 0 radical (unpaired) electrons. The lowest BCUT2D eigenvalue weighted by molar-refractivity contribution is -0.141. The first-order valence-electron chi connectivity index (χ1n) is 11.9. The van der Waals surface area contributed by atoms with Crippen LogP contribution in [0.4, 0.5) is 0 Å². The topological polar surface area (TPSA) is 99.1 Å². The number of nitrogens with zero attached hydrogens (tertiary/aromatic N) is 1. The second-order valence-electron chi connectivity index (χ2n) is 9.02. The number of hydrogen-bond donors (Lipinski definition) is 3. The number of nitrogens with one attached hydrogen (secondary N) is 1. The lowest BCUT2D eigenvalue weighted by atomic mass is 9.76. The minimum Gasteiger partial charge on any atom is -0.486 e. The zero-order chi connectivity index (χ0) is 22.7. The van der Waals surface area contributed by atoms with Crippen LogP contribution in [0, 0.1) is 0 Å². The van der Waals surface area contributed by atoms with Gasteiger partial charge < -0.3 is 25.2 Å². The molecule has 32 heavy (non-hydrogen) atoms. The van der Waals surface area contributed by atoms with Crippen molar-refractivity contribution in [2.75, 3.05) is 13.2 Å². The molecule has 1 fully saturated rings. The zero-order valence-electron chi connectivity index (χ0n) is 18.7. The molecular formula is C25H34N2O5. The Morgan fingerprint density at radius 3 is 2.66 bits per heavy atom. The monoisotopic (exact) mass is 442 g/mol. The van der Waals surface area contributed by atoms with E-state index in [1.54, 1.807) is 6.08 Å². The molecule has 3 N–H and O–H groups in total. The van der Waals surface area contributed by atoms with Crippen LogP contribution in [0.25, 0.3) is 0 Å². The molecule has 0 aromatic heterocycles. The number of amides is 2. The fourth-order valence-corrected chi connectivity index (χ4v) is 5.48. The predicted molar refractivity (Wildman–Crippen MR) is 120 cm³/mol. The normalized spacial score (nSPS) is 27.0. The van der Waals surface area contributed by atoms with Gasteiger partial charge >= 0.3 is 0 Å². The van der Waals surface area contributed by atoms with Crippen LogP contribution in [-0.2, 0) is 9.59 Å². The Balaban J connectivity index is 1.74. The smallest absolute Gasteiger partial charge is 0.247 e. The third kappa shape index (κ3) is 4.28. The van der Waals surface area contributed by atoms with Crippen LogP contribution in [0.15, 0.2) is 35.9 Å². The molecule has 2 aliphatic carbocycles. The molecule has 4 atom stereocenters. The first kappa shape index (κ1) is 22.8. The Kier molecular flexibility index (Phi) is 7.16. The number of rotatable bonds is 7. The van der Waals surface area contributed by atoms with Crippen LogP contribution in [0.2, 0.25) is 0 Å². The summed E-state index contributed by atoms with van der Waals surface area (Å²) in [6.45, 7) is 1.96. The first-order valence-corrected chi connectivity index (χ1v) is 11.9. The molecule has 1 saturated carbocycles. The fourth-order valence-electron chi connectivity index (χ4n) is 5.48. The van der Waals surface area contributed by atoms with Crippen molar-refractivity contribution >= 4 is 11.8 Å². The number of aliphatic hydroxyl groups excluding tert-OH is 2. The van der Waals surface area contributed by atoms with E-state index in [2.05, 4.69) is 5.32 Å². The van der Waals surface area contributed by atoms with Crippen molar-refractivity contribution in [2.45, 2.75) is 82.1 Å². The minimum absolute atomic E-state index is 0.0174. The molecule has 0 unspecified atom stereocenters. The predicted octanol–water partition coefficient (Wildman–Crippen LogP) is 2.27. The Morgan fingerprint density at radius 1 is 1.19 bits per heavy atom. The highest BCUT2D eigenvalue weighted by Gasteiger charge is 2.51. The van der Waals surface area contributed by atoms with Crippen molar-refractivity contribution in [3.05, 3.63) is 41.5 Å². The van der Waals surface area contributed by atoms with Crippen molar-refractivity contribution in [2.24, 2.45) is 0 Å². The van der Waals surface area contributed by atoms with Gasteiger partial charge in [0.05, 0.1) is 18.6 Å². The Bertz CT molecular complexity index is 864. The van der Waals surface area contributed by atoms with Crippen molar-refractivity contribution in [3.8, 4) is 5.75 Å². The van der Waals surface area contributed by atoms with E-state index in [9.17, 15) is 19.8 Å². The van der Waals surface area contributed by atoms with E-state index in [1.807, 2.05) is 36.1 Å². The van der Waals surface area contributed by atoms with Gasteiger partial charge in [-0.15, -0.1) is 0 Å². The summed E-state index contributed by atoms with van der Waals surface area (Å²) in [5, 5.41) is 23.4. The third-order valence-electron chi connectivity index (χ3n) is 6.92. The molecule has 7 nitrogen and oxygen atoms in total. The lowest BCUT2D eigenvalue weighted by Crippen LogP contribution is -2.58. The summed E-state index contributed by atoms with van der Waals surface area (Å²) in [6, 6.07) is 6.96. The maximum atomic E-state index is 13.3. The van der Waals surface area contributed by atoms with Crippen LogP contribution in [0.1, 0.15) is 63.4 Å². The Morgan fingerprint density at radius 2 is 1.94 bits per heavy atom. The van der Waals surface area contributed by atoms with Crippen molar-refractivity contribution in [1.82, 2.24) is 10.2 Å². The second kappa shape index (κ2) is 10.0. The van der Waals surface area contributed by atoms with Crippen LogP contribution < -0.4 is 10.1 Å². The number of carbonyl (C=O) groups is 2. The van der Waals surface area contributed by atoms with E-state index in [-0.39, 0.29) is 31.0 Å². The van der Waals surface area contributed by atoms with Crippen molar-refractivity contribution in [1.29, 1.82) is 0 Å². The second-order valence-corrected chi connectivity index (χ2v) is 9.02. The van der Waals surface area contributed by atoms with Gasteiger partial charge in [-0.3, -0.25) is 9.59 Å². The molecule has 2 amide bonds. The summed E-state index contributed by atoms with van der Waals surface area (Å²) >= 11 is 0. The third-order valence-corrected chi connectivity index (χ3v) is 6.92. The summed E-state index contributed by atoms with van der Waals surface area (Å²) < 4.78 is 6.16. The Labute approximate surface area is 189 Å². The SMILES string of the molecule is CCCC(=O)N(C1CCCCC1)[C@@H]1C=C(C(=O)NCCO)[C@@H]2c3ccccc3O[C@@H]2[C@H]1O. The van der Waals surface area contributed by atoms with Gasteiger partial charge in [0.15, 0.2) is 0 Å². The average Bonchev–Trinajstić information content (AvgIpc) is 3.20. The van der Waals surface area contributed by atoms with Crippen LogP contribution in [0.5, 0.6) is 5.75 Å². The minimum atomic E-state index is -0.940. The number of para-hydroxylation sites is 1. The van der Waals surface area contributed by atoms with Gasteiger partial charge in [0.2, 0.25) is 11.8 Å². The van der Waals surface area contributed by atoms with Gasteiger partial charge in [0.25, 0.3) is 0 Å². The van der Waals surface area contributed by atoms with Gasteiger partial charge in [-0.1, -0.05) is 44.4 Å². The molecule has 3 aliphatic rings. The van der Waals surface area contributed by atoms with Crippen LogP contribution in [0.3, 0.4) is 0 Å². The molecule has 7 heteroatoms. The average molecular weight is 443 g/mol. The zero-order valence-corrected chi connectivity index (χ0v) is 18.7. The number of aliphatic hydroxyl groups is 2. The van der Waals surface area contributed by atoms with Gasteiger partial charge in [-0.25, -0.2) is 0 Å². The number of ether oxygens (including phenoxy) is 1. The quantitative estimate of drug-likeness (QED) is 0.602. The number of fused-ring (bicyclic) bond motifs is 3. The van der Waals surface area contributed by atoms with Gasteiger partial charge in [-0.05, 0) is 31.4 Å². The summed E-state index contributed by atoms with van der Waals surface area (Å²) in [5.74, 6) is -0.0284. The maximum absolute atomic E-state index is 13.3. The van der Waals surface area contributed by atoms with Crippen molar-refractivity contribution in [3.63, 3.8) is 0 Å². The largest absolute Gasteiger partial charge is 0.486 e. The van der Waals surface area contributed by atoms with Gasteiger partial charge in [0, 0.05) is 30.1 Å². The maximum Gasteiger partial charge on any atom is 0.247 e. The number of carbonyl (C=O) groups excluding carboxylic acids is 2.